The Labute approximate surface area is 92.3 Å². The van der Waals surface area contributed by atoms with Crippen molar-refractivity contribution in [2.75, 3.05) is 5.32 Å². The summed E-state index contributed by atoms with van der Waals surface area (Å²) in [4.78, 5) is 0. The average molecular weight is 221 g/mol. The third-order valence-electron chi connectivity index (χ3n) is 2.23. The van der Waals surface area contributed by atoms with E-state index in [1.165, 1.54) is 18.2 Å². The summed E-state index contributed by atoms with van der Waals surface area (Å²) in [5.74, 6) is -0.279. The van der Waals surface area contributed by atoms with Crippen molar-refractivity contribution in [3.8, 4) is 5.75 Å². The number of phenols is 1. The molecule has 2 aromatic rings. The molecule has 16 heavy (non-hydrogen) atoms. The molecule has 0 aliphatic carbocycles. The van der Waals surface area contributed by atoms with Gasteiger partial charge in [0.2, 0.25) is 0 Å². The summed E-state index contributed by atoms with van der Waals surface area (Å²) in [5, 5.41) is 16.5. The van der Waals surface area contributed by atoms with E-state index in [4.69, 9.17) is 0 Å². The summed E-state index contributed by atoms with van der Waals surface area (Å²) in [6.07, 6.45) is 3.46. The lowest BCUT2D eigenvalue weighted by atomic mass is 10.2. The number of aromatic nitrogens is 2. The molecule has 0 aliphatic heterocycles. The molecule has 84 valence electrons. The number of halogens is 1. The largest absolute Gasteiger partial charge is 0.508 e. The molecular weight excluding hydrogens is 209 g/mol. The molecule has 1 heterocycles. The highest BCUT2D eigenvalue weighted by Gasteiger charge is 2.03. The molecule has 0 fully saturated rings. The second-order valence-corrected chi connectivity index (χ2v) is 3.53. The fraction of sp³-hybridized carbons (Fsp3) is 0.182. The van der Waals surface area contributed by atoms with Gasteiger partial charge in [0, 0.05) is 25.4 Å². The Morgan fingerprint density at radius 1 is 1.50 bits per heavy atom. The van der Waals surface area contributed by atoms with Crippen LogP contribution in [-0.2, 0) is 13.6 Å². The number of anilines is 1. The Kier molecular flexibility index (Phi) is 2.76. The van der Waals surface area contributed by atoms with E-state index in [0.29, 0.717) is 12.1 Å². The molecule has 4 nitrogen and oxygen atoms in total. The zero-order valence-corrected chi connectivity index (χ0v) is 8.81. The van der Waals surface area contributed by atoms with Crippen LogP contribution in [0.5, 0.6) is 5.75 Å². The maximum atomic E-state index is 12.9. The van der Waals surface area contributed by atoms with Crippen LogP contribution in [0, 0.1) is 5.82 Å². The Hall–Kier alpha value is -2.04. The first-order chi connectivity index (χ1) is 7.65. The van der Waals surface area contributed by atoms with Gasteiger partial charge in [-0.15, -0.1) is 0 Å². The van der Waals surface area contributed by atoms with Crippen LogP contribution in [0.3, 0.4) is 0 Å². The SMILES string of the molecule is Cn1cc(NCc2cc(F)ccc2O)cn1. The van der Waals surface area contributed by atoms with E-state index in [1.54, 1.807) is 17.1 Å². The molecule has 0 bridgehead atoms. The predicted octanol–water partition coefficient (Wildman–Crippen LogP) is 1.88. The molecule has 2 rings (SSSR count). The van der Waals surface area contributed by atoms with Gasteiger partial charge in [-0.05, 0) is 18.2 Å². The van der Waals surface area contributed by atoms with Gasteiger partial charge in [-0.25, -0.2) is 4.39 Å². The van der Waals surface area contributed by atoms with Crippen LogP contribution in [0.1, 0.15) is 5.56 Å². The van der Waals surface area contributed by atoms with Crippen LogP contribution in [-0.4, -0.2) is 14.9 Å². The van der Waals surface area contributed by atoms with Gasteiger partial charge < -0.3 is 10.4 Å². The van der Waals surface area contributed by atoms with Crippen molar-refractivity contribution in [2.45, 2.75) is 6.54 Å². The van der Waals surface area contributed by atoms with Crippen LogP contribution in [0.15, 0.2) is 30.6 Å². The molecule has 0 saturated heterocycles. The number of aromatic hydroxyl groups is 1. The van der Waals surface area contributed by atoms with E-state index >= 15 is 0 Å². The highest BCUT2D eigenvalue weighted by atomic mass is 19.1. The lowest BCUT2D eigenvalue weighted by molar-refractivity contribution is 0.466. The van der Waals surface area contributed by atoms with Gasteiger partial charge in [0.1, 0.15) is 11.6 Å². The van der Waals surface area contributed by atoms with Gasteiger partial charge in [0.25, 0.3) is 0 Å². The molecule has 1 aromatic heterocycles. The summed E-state index contributed by atoms with van der Waals surface area (Å²) < 4.78 is 14.6. The minimum Gasteiger partial charge on any atom is -0.508 e. The highest BCUT2D eigenvalue weighted by molar-refractivity contribution is 5.41. The molecule has 0 atom stereocenters. The van der Waals surface area contributed by atoms with Crippen LogP contribution in [0.25, 0.3) is 0 Å². The van der Waals surface area contributed by atoms with Crippen molar-refractivity contribution >= 4 is 5.69 Å². The van der Waals surface area contributed by atoms with Crippen molar-refractivity contribution in [1.29, 1.82) is 0 Å². The summed E-state index contributed by atoms with van der Waals surface area (Å²) in [6.45, 7) is 0.356. The fourth-order valence-electron chi connectivity index (χ4n) is 1.41. The number of phenolic OH excluding ortho intramolecular Hbond substituents is 1. The third-order valence-corrected chi connectivity index (χ3v) is 2.23. The maximum Gasteiger partial charge on any atom is 0.123 e. The van der Waals surface area contributed by atoms with E-state index in [0.717, 1.165) is 5.69 Å². The second kappa shape index (κ2) is 4.22. The molecule has 0 amide bonds. The fourth-order valence-corrected chi connectivity index (χ4v) is 1.41. The smallest absolute Gasteiger partial charge is 0.123 e. The Balaban J connectivity index is 2.07. The van der Waals surface area contributed by atoms with Crippen molar-refractivity contribution < 1.29 is 9.50 Å². The standard InChI is InChI=1S/C11H12FN3O/c1-15-7-10(6-14-15)13-5-8-4-9(12)2-3-11(8)16/h2-4,6-7,13,16H,5H2,1H3. The van der Waals surface area contributed by atoms with E-state index in [2.05, 4.69) is 10.4 Å². The van der Waals surface area contributed by atoms with E-state index in [-0.39, 0.29) is 11.6 Å². The van der Waals surface area contributed by atoms with Gasteiger partial charge >= 0.3 is 0 Å². The minimum absolute atomic E-state index is 0.0813. The first-order valence-electron chi connectivity index (χ1n) is 4.85. The molecule has 0 saturated carbocycles. The van der Waals surface area contributed by atoms with Crippen LogP contribution < -0.4 is 5.32 Å². The molecule has 0 radical (unpaired) electrons. The van der Waals surface area contributed by atoms with Crippen molar-refractivity contribution in [1.82, 2.24) is 9.78 Å². The number of rotatable bonds is 3. The Morgan fingerprint density at radius 3 is 3.00 bits per heavy atom. The van der Waals surface area contributed by atoms with Gasteiger partial charge in [0.05, 0.1) is 11.9 Å². The number of benzene rings is 1. The first kappa shape index (κ1) is 10.5. The molecule has 0 spiro atoms. The highest BCUT2D eigenvalue weighted by Crippen LogP contribution is 2.19. The monoisotopic (exact) mass is 221 g/mol. The average Bonchev–Trinajstić information content (AvgIpc) is 2.66. The van der Waals surface area contributed by atoms with E-state index in [1.807, 2.05) is 7.05 Å². The maximum absolute atomic E-state index is 12.9. The third kappa shape index (κ3) is 2.31. The zero-order valence-electron chi connectivity index (χ0n) is 8.81. The lowest BCUT2D eigenvalue weighted by Gasteiger charge is -2.05. The summed E-state index contributed by atoms with van der Waals surface area (Å²) >= 11 is 0. The van der Waals surface area contributed by atoms with Crippen LogP contribution in [0.4, 0.5) is 10.1 Å². The summed E-state index contributed by atoms with van der Waals surface area (Å²) in [6, 6.07) is 3.87. The van der Waals surface area contributed by atoms with E-state index in [9.17, 15) is 9.50 Å². The van der Waals surface area contributed by atoms with Crippen LogP contribution in [0.2, 0.25) is 0 Å². The molecule has 0 unspecified atom stereocenters. The molecule has 1 aromatic carbocycles. The molecular formula is C11H12FN3O. The van der Waals surface area contributed by atoms with Crippen LogP contribution >= 0.6 is 0 Å². The lowest BCUT2D eigenvalue weighted by Crippen LogP contribution is -1.99. The number of hydrogen-bond donors (Lipinski definition) is 2. The second-order valence-electron chi connectivity index (χ2n) is 3.53. The van der Waals surface area contributed by atoms with E-state index < -0.39 is 0 Å². The summed E-state index contributed by atoms with van der Waals surface area (Å²) in [5.41, 5.74) is 1.34. The van der Waals surface area contributed by atoms with Crippen molar-refractivity contribution in [2.24, 2.45) is 7.05 Å². The molecule has 0 aliphatic rings. The Morgan fingerprint density at radius 2 is 2.31 bits per heavy atom. The number of nitrogens with zero attached hydrogens (tertiary/aromatic N) is 2. The van der Waals surface area contributed by atoms with Crippen molar-refractivity contribution in [3.63, 3.8) is 0 Å². The normalized spacial score (nSPS) is 10.4. The Bertz CT molecular complexity index is 496. The van der Waals surface area contributed by atoms with Crippen molar-refractivity contribution in [3.05, 3.63) is 42.0 Å². The number of nitrogens with one attached hydrogen (secondary N) is 1. The number of hydrogen-bond acceptors (Lipinski definition) is 3. The molecule has 2 N–H and O–H groups in total. The van der Waals surface area contributed by atoms with Gasteiger partial charge in [-0.2, -0.15) is 5.10 Å². The quantitative estimate of drug-likeness (QED) is 0.832. The number of aryl methyl sites for hydroxylation is 1. The summed E-state index contributed by atoms with van der Waals surface area (Å²) in [7, 11) is 1.81. The van der Waals surface area contributed by atoms with Gasteiger partial charge in [0.15, 0.2) is 0 Å². The van der Waals surface area contributed by atoms with Gasteiger partial charge in [-0.1, -0.05) is 0 Å². The first-order valence-corrected chi connectivity index (χ1v) is 4.85. The molecule has 5 heteroatoms. The predicted molar refractivity (Wildman–Crippen MR) is 58.6 cm³/mol. The zero-order chi connectivity index (χ0) is 11.5. The minimum atomic E-state index is -0.360. The van der Waals surface area contributed by atoms with Gasteiger partial charge in [-0.3, -0.25) is 4.68 Å². The topological polar surface area (TPSA) is 50.1 Å².